The van der Waals surface area contributed by atoms with Gasteiger partial charge >= 0.3 is 0 Å². The highest BCUT2D eigenvalue weighted by molar-refractivity contribution is 6.31. The molecule has 1 aromatic carbocycles. The van der Waals surface area contributed by atoms with Crippen LogP contribution in [-0.2, 0) is 0 Å². The van der Waals surface area contributed by atoms with Crippen LogP contribution in [0.4, 0.5) is 0 Å². The number of benzene rings is 1. The Bertz CT molecular complexity index is 557. The Labute approximate surface area is 103 Å². The fourth-order valence-corrected chi connectivity index (χ4v) is 1.64. The summed E-state index contributed by atoms with van der Waals surface area (Å²) in [6.07, 6.45) is 0. The van der Waals surface area contributed by atoms with E-state index in [2.05, 4.69) is 10.3 Å². The van der Waals surface area contributed by atoms with E-state index < -0.39 is 0 Å². The molecule has 1 aromatic heterocycles. The minimum atomic E-state index is -0.305. The Morgan fingerprint density at radius 3 is 2.88 bits per heavy atom. The van der Waals surface area contributed by atoms with Crippen LogP contribution in [0.2, 0.25) is 5.02 Å². The van der Waals surface area contributed by atoms with Crippen LogP contribution in [0.1, 0.15) is 10.5 Å². The maximum absolute atomic E-state index is 11.6. The lowest BCUT2D eigenvalue weighted by Crippen LogP contribution is -2.27. The number of hydrogen-bond acceptors (Lipinski definition) is 3. The molecule has 0 aliphatic carbocycles. The van der Waals surface area contributed by atoms with Crippen molar-refractivity contribution in [1.29, 1.82) is 0 Å². The van der Waals surface area contributed by atoms with E-state index in [1.165, 1.54) is 0 Å². The summed E-state index contributed by atoms with van der Waals surface area (Å²) in [6.45, 7) is 0.124. The number of amides is 1. The summed E-state index contributed by atoms with van der Waals surface area (Å²) in [5.74, 6) is -0.305. The van der Waals surface area contributed by atoms with Gasteiger partial charge in [-0.25, -0.2) is 4.98 Å². The summed E-state index contributed by atoms with van der Waals surface area (Å²) in [6, 6.07) is 8.78. The van der Waals surface area contributed by atoms with E-state index >= 15 is 0 Å². The highest BCUT2D eigenvalue weighted by Gasteiger charge is 2.07. The standard InChI is InChI=1S/C12H11ClN2O2/c13-9-3-1-8-2-4-10(15-11(8)7-9)12(17)14-5-6-16/h1-4,7,16H,5-6H2,(H,14,17). The molecule has 0 saturated carbocycles. The lowest BCUT2D eigenvalue weighted by atomic mass is 10.2. The first-order valence-corrected chi connectivity index (χ1v) is 5.54. The fourth-order valence-electron chi connectivity index (χ4n) is 1.48. The average molecular weight is 251 g/mol. The number of pyridine rings is 1. The Kier molecular flexibility index (Phi) is 3.56. The van der Waals surface area contributed by atoms with Gasteiger partial charge in [0, 0.05) is 17.0 Å². The highest BCUT2D eigenvalue weighted by Crippen LogP contribution is 2.17. The van der Waals surface area contributed by atoms with Crippen molar-refractivity contribution in [2.45, 2.75) is 0 Å². The molecular weight excluding hydrogens is 240 g/mol. The predicted octanol–water partition coefficient (Wildman–Crippen LogP) is 1.61. The normalized spacial score (nSPS) is 10.5. The first-order chi connectivity index (χ1) is 8.20. The van der Waals surface area contributed by atoms with Crippen LogP contribution < -0.4 is 5.32 Å². The van der Waals surface area contributed by atoms with Gasteiger partial charge in [-0.1, -0.05) is 23.7 Å². The Balaban J connectivity index is 2.33. The average Bonchev–Trinajstić information content (AvgIpc) is 2.35. The summed E-state index contributed by atoms with van der Waals surface area (Å²) in [5, 5.41) is 12.7. The maximum Gasteiger partial charge on any atom is 0.269 e. The van der Waals surface area contributed by atoms with Crippen molar-refractivity contribution in [2.24, 2.45) is 0 Å². The predicted molar refractivity (Wildman–Crippen MR) is 66.2 cm³/mol. The number of aromatic nitrogens is 1. The largest absolute Gasteiger partial charge is 0.395 e. The van der Waals surface area contributed by atoms with E-state index in [0.717, 1.165) is 5.39 Å². The molecule has 0 radical (unpaired) electrons. The third-order valence-corrected chi connectivity index (χ3v) is 2.52. The van der Waals surface area contributed by atoms with E-state index in [4.69, 9.17) is 16.7 Å². The molecule has 4 nitrogen and oxygen atoms in total. The number of halogens is 1. The quantitative estimate of drug-likeness (QED) is 0.870. The molecular formula is C12H11ClN2O2. The molecule has 0 bridgehead atoms. The molecule has 17 heavy (non-hydrogen) atoms. The number of hydrogen-bond donors (Lipinski definition) is 2. The second-order valence-corrected chi connectivity index (χ2v) is 3.95. The van der Waals surface area contributed by atoms with Crippen molar-refractivity contribution in [2.75, 3.05) is 13.2 Å². The van der Waals surface area contributed by atoms with Crippen molar-refractivity contribution in [1.82, 2.24) is 10.3 Å². The van der Waals surface area contributed by atoms with Gasteiger partial charge in [0.15, 0.2) is 0 Å². The zero-order valence-corrected chi connectivity index (χ0v) is 9.74. The van der Waals surface area contributed by atoms with Gasteiger partial charge in [-0.15, -0.1) is 0 Å². The smallest absolute Gasteiger partial charge is 0.269 e. The fraction of sp³-hybridized carbons (Fsp3) is 0.167. The summed E-state index contributed by atoms with van der Waals surface area (Å²) in [7, 11) is 0. The first-order valence-electron chi connectivity index (χ1n) is 5.16. The van der Waals surface area contributed by atoms with Crippen molar-refractivity contribution in [3.63, 3.8) is 0 Å². The van der Waals surface area contributed by atoms with Crippen molar-refractivity contribution in [3.05, 3.63) is 41.0 Å². The van der Waals surface area contributed by atoms with Crippen LogP contribution in [0, 0.1) is 0 Å². The molecule has 5 heteroatoms. The summed E-state index contributed by atoms with van der Waals surface area (Å²) in [5.41, 5.74) is 0.988. The third kappa shape index (κ3) is 2.72. The zero-order valence-electron chi connectivity index (χ0n) is 8.98. The second kappa shape index (κ2) is 5.12. The van der Waals surface area contributed by atoms with Gasteiger partial charge in [0.05, 0.1) is 12.1 Å². The van der Waals surface area contributed by atoms with Crippen LogP contribution in [0.25, 0.3) is 10.9 Å². The minimum absolute atomic E-state index is 0.0921. The molecule has 2 rings (SSSR count). The molecule has 2 aromatic rings. The first kappa shape index (κ1) is 11.8. The van der Waals surface area contributed by atoms with Crippen LogP contribution >= 0.6 is 11.6 Å². The van der Waals surface area contributed by atoms with Gasteiger partial charge in [0.1, 0.15) is 5.69 Å². The van der Waals surface area contributed by atoms with Crippen molar-refractivity contribution in [3.8, 4) is 0 Å². The zero-order chi connectivity index (χ0) is 12.3. The molecule has 0 spiro atoms. The highest BCUT2D eigenvalue weighted by atomic mass is 35.5. The number of nitrogens with zero attached hydrogens (tertiary/aromatic N) is 1. The lowest BCUT2D eigenvalue weighted by molar-refractivity contribution is 0.0940. The molecule has 1 heterocycles. The second-order valence-electron chi connectivity index (χ2n) is 3.51. The number of aliphatic hydroxyl groups excluding tert-OH is 1. The van der Waals surface area contributed by atoms with Gasteiger partial charge in [-0.3, -0.25) is 4.79 Å². The van der Waals surface area contributed by atoms with Crippen LogP contribution in [-0.4, -0.2) is 29.1 Å². The van der Waals surface area contributed by atoms with E-state index in [1.54, 1.807) is 18.2 Å². The number of aliphatic hydroxyl groups is 1. The number of carbonyl (C=O) groups excluding carboxylic acids is 1. The molecule has 0 atom stereocenters. The molecule has 0 unspecified atom stereocenters. The summed E-state index contributed by atoms with van der Waals surface area (Å²) in [4.78, 5) is 15.8. The molecule has 0 saturated heterocycles. The summed E-state index contributed by atoms with van der Waals surface area (Å²) < 4.78 is 0. The van der Waals surface area contributed by atoms with Gasteiger partial charge in [0.25, 0.3) is 5.91 Å². The Hall–Kier alpha value is -1.65. The maximum atomic E-state index is 11.6. The Morgan fingerprint density at radius 1 is 1.35 bits per heavy atom. The monoisotopic (exact) mass is 250 g/mol. The lowest BCUT2D eigenvalue weighted by Gasteiger charge is -2.04. The van der Waals surface area contributed by atoms with Crippen LogP contribution in [0.3, 0.4) is 0 Å². The van der Waals surface area contributed by atoms with Gasteiger partial charge < -0.3 is 10.4 Å². The van der Waals surface area contributed by atoms with Gasteiger partial charge in [-0.05, 0) is 18.2 Å². The van der Waals surface area contributed by atoms with E-state index in [9.17, 15) is 4.79 Å². The SMILES string of the molecule is O=C(NCCO)c1ccc2ccc(Cl)cc2n1. The van der Waals surface area contributed by atoms with E-state index in [-0.39, 0.29) is 19.1 Å². The minimum Gasteiger partial charge on any atom is -0.395 e. The topological polar surface area (TPSA) is 62.2 Å². The molecule has 1 amide bonds. The molecule has 88 valence electrons. The molecule has 2 N–H and O–H groups in total. The van der Waals surface area contributed by atoms with Crippen molar-refractivity contribution < 1.29 is 9.90 Å². The van der Waals surface area contributed by atoms with Gasteiger partial charge in [-0.2, -0.15) is 0 Å². The van der Waals surface area contributed by atoms with E-state index in [1.807, 2.05) is 12.1 Å². The number of rotatable bonds is 3. The van der Waals surface area contributed by atoms with Gasteiger partial charge in [0.2, 0.25) is 0 Å². The van der Waals surface area contributed by atoms with E-state index in [0.29, 0.717) is 16.2 Å². The number of carbonyl (C=O) groups is 1. The molecule has 0 aliphatic heterocycles. The summed E-state index contributed by atoms with van der Waals surface area (Å²) >= 11 is 5.86. The number of nitrogens with one attached hydrogen (secondary N) is 1. The Morgan fingerprint density at radius 2 is 2.12 bits per heavy atom. The van der Waals surface area contributed by atoms with Crippen molar-refractivity contribution >= 4 is 28.4 Å². The van der Waals surface area contributed by atoms with Crippen LogP contribution in [0.5, 0.6) is 0 Å². The number of fused-ring (bicyclic) bond motifs is 1. The molecule has 0 fully saturated rings. The third-order valence-electron chi connectivity index (χ3n) is 2.28. The molecule has 0 aliphatic rings. The van der Waals surface area contributed by atoms with Crippen LogP contribution in [0.15, 0.2) is 30.3 Å².